The largest absolute Gasteiger partial charge is 0.444 e. The number of rotatable bonds is 4. The van der Waals surface area contributed by atoms with Crippen molar-refractivity contribution in [3.8, 4) is 0 Å². The highest BCUT2D eigenvalue weighted by molar-refractivity contribution is 5.73. The van der Waals surface area contributed by atoms with Gasteiger partial charge in [-0.3, -0.25) is 4.98 Å². The van der Waals surface area contributed by atoms with Crippen LogP contribution in [0.4, 0.5) is 4.79 Å². The fourth-order valence-electron chi connectivity index (χ4n) is 1.36. The molecule has 1 rings (SSSR count). The molecule has 1 atom stereocenters. The van der Waals surface area contributed by atoms with E-state index in [1.54, 1.807) is 39.2 Å². The van der Waals surface area contributed by atoms with Gasteiger partial charge in [-0.2, -0.15) is 0 Å². The molecule has 1 heterocycles. The highest BCUT2D eigenvalue weighted by atomic mass is 16.6. The quantitative estimate of drug-likeness (QED) is 0.826. The lowest BCUT2D eigenvalue weighted by Crippen LogP contribution is -2.41. The van der Waals surface area contributed by atoms with Gasteiger partial charge in [0, 0.05) is 18.8 Å². The standard InChI is InChI=1S/C13H18N2O3/c1-13(2,3)18-12(17)15-11(9-16)7-10-5-4-6-14-8-10/h4-6,8-9,11H,7H2,1-3H3,(H,15,17)/t11-/m0/s1. The van der Waals surface area contributed by atoms with E-state index in [-0.39, 0.29) is 0 Å². The Morgan fingerprint density at radius 1 is 1.56 bits per heavy atom. The van der Waals surface area contributed by atoms with E-state index in [0.717, 1.165) is 5.56 Å². The Morgan fingerprint density at radius 2 is 2.28 bits per heavy atom. The van der Waals surface area contributed by atoms with Crippen LogP contribution in [0.15, 0.2) is 24.5 Å². The molecule has 5 nitrogen and oxygen atoms in total. The zero-order valence-corrected chi connectivity index (χ0v) is 10.8. The maximum atomic E-state index is 11.5. The van der Waals surface area contributed by atoms with Crippen molar-refractivity contribution in [1.82, 2.24) is 10.3 Å². The van der Waals surface area contributed by atoms with Crippen molar-refractivity contribution >= 4 is 12.4 Å². The van der Waals surface area contributed by atoms with E-state index in [2.05, 4.69) is 10.3 Å². The van der Waals surface area contributed by atoms with Gasteiger partial charge in [0.2, 0.25) is 0 Å². The number of aromatic nitrogens is 1. The number of ether oxygens (including phenoxy) is 1. The molecule has 0 saturated carbocycles. The van der Waals surface area contributed by atoms with Gasteiger partial charge in [-0.15, -0.1) is 0 Å². The first kappa shape index (κ1) is 14.2. The zero-order chi connectivity index (χ0) is 13.6. The molecule has 1 aromatic rings. The van der Waals surface area contributed by atoms with E-state index in [9.17, 15) is 9.59 Å². The second-order valence-corrected chi connectivity index (χ2v) is 4.95. The molecule has 18 heavy (non-hydrogen) atoms. The lowest BCUT2D eigenvalue weighted by atomic mass is 10.1. The molecule has 5 heteroatoms. The first-order valence-electron chi connectivity index (χ1n) is 5.74. The molecule has 0 spiro atoms. The molecule has 98 valence electrons. The van der Waals surface area contributed by atoms with Gasteiger partial charge in [0.05, 0.1) is 6.04 Å². The van der Waals surface area contributed by atoms with Gasteiger partial charge in [-0.25, -0.2) is 4.79 Å². The van der Waals surface area contributed by atoms with Crippen LogP contribution in [-0.4, -0.2) is 29.0 Å². The average Bonchev–Trinajstić information content (AvgIpc) is 2.27. The maximum absolute atomic E-state index is 11.5. The molecular formula is C13H18N2O3. The highest BCUT2D eigenvalue weighted by Crippen LogP contribution is 2.07. The first-order valence-corrected chi connectivity index (χ1v) is 5.74. The Balaban J connectivity index is 2.53. The first-order chi connectivity index (χ1) is 8.40. The van der Waals surface area contributed by atoms with Crippen molar-refractivity contribution in [2.24, 2.45) is 0 Å². The van der Waals surface area contributed by atoms with Gasteiger partial charge in [0.15, 0.2) is 0 Å². The van der Waals surface area contributed by atoms with Crippen molar-refractivity contribution in [2.45, 2.75) is 38.8 Å². The molecule has 0 aliphatic carbocycles. The normalized spacial score (nSPS) is 12.6. The summed E-state index contributed by atoms with van der Waals surface area (Å²) in [6, 6.07) is 3.02. The van der Waals surface area contributed by atoms with E-state index in [1.807, 2.05) is 6.07 Å². The molecular weight excluding hydrogens is 232 g/mol. The molecule has 0 saturated heterocycles. The monoisotopic (exact) mass is 250 g/mol. The van der Waals surface area contributed by atoms with Crippen LogP contribution in [0.2, 0.25) is 0 Å². The van der Waals surface area contributed by atoms with Crippen molar-refractivity contribution in [1.29, 1.82) is 0 Å². The number of nitrogens with zero attached hydrogens (tertiary/aromatic N) is 1. The minimum absolute atomic E-state index is 0.399. The van der Waals surface area contributed by atoms with Crippen LogP contribution in [0.5, 0.6) is 0 Å². The minimum Gasteiger partial charge on any atom is -0.444 e. The van der Waals surface area contributed by atoms with E-state index in [4.69, 9.17) is 4.74 Å². The predicted molar refractivity (Wildman–Crippen MR) is 67.2 cm³/mol. The third-order valence-corrected chi connectivity index (χ3v) is 2.04. The lowest BCUT2D eigenvalue weighted by molar-refractivity contribution is -0.109. The lowest BCUT2D eigenvalue weighted by Gasteiger charge is -2.21. The van der Waals surface area contributed by atoms with Gasteiger partial charge in [0.1, 0.15) is 11.9 Å². The van der Waals surface area contributed by atoms with Gasteiger partial charge in [0.25, 0.3) is 0 Å². The number of carbonyl (C=O) groups excluding carboxylic acids is 2. The number of carbonyl (C=O) groups is 2. The summed E-state index contributed by atoms with van der Waals surface area (Å²) in [7, 11) is 0. The van der Waals surface area contributed by atoms with E-state index in [1.165, 1.54) is 0 Å². The van der Waals surface area contributed by atoms with Gasteiger partial charge in [-0.1, -0.05) is 6.07 Å². The third kappa shape index (κ3) is 5.43. The van der Waals surface area contributed by atoms with Crippen molar-refractivity contribution in [3.05, 3.63) is 30.1 Å². The Labute approximate surface area is 107 Å². The van der Waals surface area contributed by atoms with Gasteiger partial charge in [-0.05, 0) is 32.4 Å². The minimum atomic E-state index is -0.607. The fraction of sp³-hybridized carbons (Fsp3) is 0.462. The number of hydrogen-bond acceptors (Lipinski definition) is 4. The number of alkyl carbamates (subject to hydrolysis) is 1. The Kier molecular flexibility index (Phi) is 4.83. The summed E-state index contributed by atoms with van der Waals surface area (Å²) in [5.41, 5.74) is 0.303. The molecule has 1 aromatic heterocycles. The average molecular weight is 250 g/mol. The summed E-state index contributed by atoms with van der Waals surface area (Å²) in [4.78, 5) is 26.4. The number of aldehydes is 1. The predicted octanol–water partition coefficient (Wildman–Crippen LogP) is 1.72. The van der Waals surface area contributed by atoms with Crippen LogP contribution in [0, 0.1) is 0 Å². The van der Waals surface area contributed by atoms with Gasteiger partial charge >= 0.3 is 6.09 Å². The summed E-state index contributed by atoms with van der Waals surface area (Å²) >= 11 is 0. The SMILES string of the molecule is CC(C)(C)OC(=O)N[C@H](C=O)Cc1cccnc1. The van der Waals surface area contributed by atoms with Crippen molar-refractivity contribution < 1.29 is 14.3 Å². The summed E-state index contributed by atoms with van der Waals surface area (Å²) in [5.74, 6) is 0. The Morgan fingerprint density at radius 3 is 2.78 bits per heavy atom. The van der Waals surface area contributed by atoms with Crippen LogP contribution >= 0.6 is 0 Å². The zero-order valence-electron chi connectivity index (χ0n) is 10.8. The van der Waals surface area contributed by atoms with Gasteiger partial charge < -0.3 is 14.8 Å². The van der Waals surface area contributed by atoms with Crippen LogP contribution < -0.4 is 5.32 Å². The summed E-state index contributed by atoms with van der Waals surface area (Å²) in [5, 5.41) is 2.51. The fourth-order valence-corrected chi connectivity index (χ4v) is 1.36. The number of nitrogens with one attached hydrogen (secondary N) is 1. The summed E-state index contributed by atoms with van der Waals surface area (Å²) in [6.45, 7) is 5.30. The van der Waals surface area contributed by atoms with E-state index in [0.29, 0.717) is 12.7 Å². The topological polar surface area (TPSA) is 68.3 Å². The molecule has 1 N–H and O–H groups in total. The number of hydrogen-bond donors (Lipinski definition) is 1. The molecule has 0 fully saturated rings. The summed E-state index contributed by atoms with van der Waals surface area (Å²) < 4.78 is 5.08. The summed E-state index contributed by atoms with van der Waals surface area (Å²) in [6.07, 6.45) is 3.81. The van der Waals surface area contributed by atoms with Crippen LogP contribution in [0.25, 0.3) is 0 Å². The van der Waals surface area contributed by atoms with E-state index < -0.39 is 17.7 Å². The van der Waals surface area contributed by atoms with Crippen molar-refractivity contribution in [2.75, 3.05) is 0 Å². The molecule has 0 aliphatic rings. The van der Waals surface area contributed by atoms with E-state index >= 15 is 0 Å². The molecule has 0 unspecified atom stereocenters. The number of amides is 1. The molecule has 0 bridgehead atoms. The smallest absolute Gasteiger partial charge is 0.408 e. The molecule has 0 aliphatic heterocycles. The second-order valence-electron chi connectivity index (χ2n) is 4.95. The molecule has 1 amide bonds. The number of pyridine rings is 1. The van der Waals surface area contributed by atoms with Crippen LogP contribution in [0.3, 0.4) is 0 Å². The second kappa shape index (κ2) is 6.14. The maximum Gasteiger partial charge on any atom is 0.408 e. The molecule has 0 radical (unpaired) electrons. The highest BCUT2D eigenvalue weighted by Gasteiger charge is 2.19. The molecule has 0 aromatic carbocycles. The van der Waals surface area contributed by atoms with Crippen molar-refractivity contribution in [3.63, 3.8) is 0 Å². The Bertz CT molecular complexity index is 398. The Hall–Kier alpha value is -1.91. The third-order valence-electron chi connectivity index (χ3n) is 2.04. The van der Waals surface area contributed by atoms with Crippen LogP contribution in [0.1, 0.15) is 26.3 Å². The van der Waals surface area contributed by atoms with Crippen LogP contribution in [-0.2, 0) is 16.0 Å².